The van der Waals surface area contributed by atoms with Crippen LogP contribution in [0.2, 0.25) is 0 Å². The predicted molar refractivity (Wildman–Crippen MR) is 72.2 cm³/mol. The molecule has 0 radical (unpaired) electrons. The fourth-order valence-corrected chi connectivity index (χ4v) is 1.90. The van der Waals surface area contributed by atoms with Gasteiger partial charge in [0.25, 0.3) is 0 Å². The summed E-state index contributed by atoms with van der Waals surface area (Å²) in [6.45, 7) is 0. The normalized spacial score (nSPS) is 10.3. The number of ether oxygens (including phenoxy) is 1. The third-order valence-corrected chi connectivity index (χ3v) is 3.17. The van der Waals surface area contributed by atoms with E-state index in [4.69, 9.17) is 4.74 Å². The molecular weight excluding hydrogens is 371 g/mol. The highest BCUT2D eigenvalue weighted by Gasteiger charge is 2.24. The molecule has 0 atom stereocenters. The van der Waals surface area contributed by atoms with Crippen molar-refractivity contribution in [3.05, 3.63) is 61.7 Å². The van der Waals surface area contributed by atoms with Crippen LogP contribution < -0.4 is 4.74 Å². The Labute approximate surface area is 120 Å². The Kier molecular flexibility index (Phi) is 3.93. The molecule has 0 aliphatic rings. The molecule has 0 aromatic heterocycles. The molecule has 98 valence electrons. The summed E-state index contributed by atoms with van der Waals surface area (Å²) in [6.07, 6.45) is 0. The van der Waals surface area contributed by atoms with E-state index in [2.05, 4.69) is 0 Å². The average Bonchev–Trinajstić information content (AvgIpc) is 2.37. The lowest BCUT2D eigenvalue weighted by atomic mass is 10.2. The molecule has 0 amide bonds. The van der Waals surface area contributed by atoms with Crippen molar-refractivity contribution in [3.8, 4) is 11.5 Å². The van der Waals surface area contributed by atoms with Crippen LogP contribution in [-0.4, -0.2) is 4.92 Å². The van der Waals surface area contributed by atoms with Crippen molar-refractivity contribution in [2.75, 3.05) is 0 Å². The van der Waals surface area contributed by atoms with E-state index in [9.17, 15) is 18.9 Å². The molecule has 0 N–H and O–H groups in total. The van der Waals surface area contributed by atoms with E-state index in [1.54, 1.807) is 18.2 Å². The smallest absolute Gasteiger partial charge is 0.314 e. The van der Waals surface area contributed by atoms with Crippen LogP contribution in [0.25, 0.3) is 0 Å². The summed E-state index contributed by atoms with van der Waals surface area (Å²) in [7, 11) is 0. The minimum atomic E-state index is -1.38. The molecule has 2 aromatic rings. The van der Waals surface area contributed by atoms with E-state index in [1.165, 1.54) is 6.07 Å². The van der Waals surface area contributed by atoms with Gasteiger partial charge in [0.15, 0.2) is 5.82 Å². The van der Waals surface area contributed by atoms with Crippen molar-refractivity contribution in [3.63, 3.8) is 0 Å². The maximum Gasteiger partial charge on any atom is 0.314 e. The number of hydrogen-bond donors (Lipinski definition) is 0. The zero-order chi connectivity index (χ0) is 14.0. The largest absolute Gasteiger partial charge is 0.446 e. The van der Waals surface area contributed by atoms with Gasteiger partial charge >= 0.3 is 5.69 Å². The average molecular weight is 377 g/mol. The molecule has 0 aliphatic carbocycles. The second kappa shape index (κ2) is 5.47. The fraction of sp³-hybridized carbons (Fsp3) is 0. The van der Waals surface area contributed by atoms with Crippen molar-refractivity contribution in [2.45, 2.75) is 0 Å². The maximum atomic E-state index is 13.6. The molecule has 2 aromatic carbocycles. The molecular formula is C12H6F2INO3. The summed E-state index contributed by atoms with van der Waals surface area (Å²) in [4.78, 5) is 9.97. The highest BCUT2D eigenvalue weighted by Crippen LogP contribution is 2.36. The zero-order valence-electron chi connectivity index (χ0n) is 9.27. The number of nitrogens with zero attached hydrogens (tertiary/aromatic N) is 1. The lowest BCUT2D eigenvalue weighted by Crippen LogP contribution is -1.99. The number of rotatable bonds is 3. The second-order valence-corrected chi connectivity index (χ2v) is 4.66. The van der Waals surface area contributed by atoms with Gasteiger partial charge in [-0.1, -0.05) is 12.1 Å². The Morgan fingerprint density at radius 1 is 1.16 bits per heavy atom. The lowest BCUT2D eigenvalue weighted by Gasteiger charge is -2.09. The predicted octanol–water partition coefficient (Wildman–Crippen LogP) is 4.27. The van der Waals surface area contributed by atoms with Crippen LogP contribution in [-0.2, 0) is 0 Å². The third-order valence-electron chi connectivity index (χ3n) is 2.27. The molecule has 0 spiro atoms. The maximum absolute atomic E-state index is 13.6. The molecule has 2 rings (SSSR count). The first-order valence-electron chi connectivity index (χ1n) is 5.05. The third kappa shape index (κ3) is 2.80. The Morgan fingerprint density at radius 2 is 1.84 bits per heavy atom. The summed E-state index contributed by atoms with van der Waals surface area (Å²) in [5, 5.41) is 10.8. The molecule has 0 bridgehead atoms. The van der Waals surface area contributed by atoms with Gasteiger partial charge in [0.1, 0.15) is 5.75 Å². The summed E-state index contributed by atoms with van der Waals surface area (Å²) in [6, 6.07) is 8.10. The van der Waals surface area contributed by atoms with Crippen molar-refractivity contribution in [1.29, 1.82) is 0 Å². The molecule has 7 heteroatoms. The molecule has 0 aliphatic heterocycles. The fourth-order valence-electron chi connectivity index (χ4n) is 1.40. The monoisotopic (exact) mass is 377 g/mol. The topological polar surface area (TPSA) is 52.4 Å². The van der Waals surface area contributed by atoms with E-state index in [0.717, 1.165) is 6.07 Å². The summed E-state index contributed by atoms with van der Waals surface area (Å²) in [5.74, 6) is -3.09. The van der Waals surface area contributed by atoms with E-state index in [1.807, 2.05) is 22.6 Å². The van der Waals surface area contributed by atoms with E-state index in [0.29, 0.717) is 9.64 Å². The second-order valence-electron chi connectivity index (χ2n) is 3.50. The van der Waals surface area contributed by atoms with Crippen LogP contribution in [0.5, 0.6) is 11.5 Å². The van der Waals surface area contributed by atoms with Gasteiger partial charge in [-0.05, 0) is 40.8 Å². The Morgan fingerprint density at radius 3 is 2.47 bits per heavy atom. The van der Waals surface area contributed by atoms with Crippen molar-refractivity contribution in [2.24, 2.45) is 0 Å². The molecule has 0 unspecified atom stereocenters. The number of benzene rings is 2. The first-order chi connectivity index (χ1) is 9.00. The molecule has 0 fully saturated rings. The van der Waals surface area contributed by atoms with Gasteiger partial charge in [-0.2, -0.15) is 4.39 Å². The van der Waals surface area contributed by atoms with E-state index >= 15 is 0 Å². The zero-order valence-corrected chi connectivity index (χ0v) is 11.4. The van der Waals surface area contributed by atoms with Crippen LogP contribution in [0.4, 0.5) is 14.5 Å². The summed E-state index contributed by atoms with van der Waals surface area (Å²) < 4.78 is 32.6. The van der Waals surface area contributed by atoms with Gasteiger partial charge in [0.2, 0.25) is 11.6 Å². The van der Waals surface area contributed by atoms with Crippen molar-refractivity contribution < 1.29 is 18.4 Å². The quantitative estimate of drug-likeness (QED) is 0.456. The van der Waals surface area contributed by atoms with Crippen molar-refractivity contribution >= 4 is 28.3 Å². The number of nitro groups is 1. The lowest BCUT2D eigenvalue weighted by molar-refractivity contribution is -0.385. The SMILES string of the molecule is O=[N+]([O-])c1ccc(F)c(F)c1Oc1ccccc1I. The first kappa shape index (κ1) is 13.7. The van der Waals surface area contributed by atoms with E-state index in [-0.39, 0.29) is 5.75 Å². The van der Waals surface area contributed by atoms with Gasteiger partial charge in [-0.3, -0.25) is 10.1 Å². The Hall–Kier alpha value is -1.77. The van der Waals surface area contributed by atoms with E-state index < -0.39 is 28.0 Å². The number of halogens is 3. The molecule has 0 saturated heterocycles. The summed E-state index contributed by atoms with van der Waals surface area (Å²) >= 11 is 1.93. The molecule has 0 heterocycles. The highest BCUT2D eigenvalue weighted by molar-refractivity contribution is 14.1. The summed E-state index contributed by atoms with van der Waals surface area (Å²) in [5.41, 5.74) is -0.626. The molecule has 4 nitrogen and oxygen atoms in total. The highest BCUT2D eigenvalue weighted by atomic mass is 127. The minimum absolute atomic E-state index is 0.218. The molecule has 0 saturated carbocycles. The van der Waals surface area contributed by atoms with Gasteiger partial charge in [-0.25, -0.2) is 4.39 Å². The van der Waals surface area contributed by atoms with Gasteiger partial charge < -0.3 is 4.74 Å². The Bertz CT molecular complexity index is 649. The number of para-hydroxylation sites is 1. The standard InChI is InChI=1S/C12H6F2INO3/c13-7-5-6-9(16(17)18)12(11(7)14)19-10-4-2-1-3-8(10)15/h1-6H. The van der Waals surface area contributed by atoms with Gasteiger partial charge in [-0.15, -0.1) is 0 Å². The number of nitro benzene ring substituents is 1. The number of hydrogen-bond acceptors (Lipinski definition) is 3. The first-order valence-corrected chi connectivity index (χ1v) is 6.13. The van der Waals surface area contributed by atoms with Crippen LogP contribution in [0.15, 0.2) is 36.4 Å². The Balaban J connectivity index is 2.53. The van der Waals surface area contributed by atoms with Gasteiger partial charge in [0.05, 0.1) is 8.49 Å². The van der Waals surface area contributed by atoms with Crippen molar-refractivity contribution in [1.82, 2.24) is 0 Å². The minimum Gasteiger partial charge on any atom is -0.446 e. The van der Waals surface area contributed by atoms with Gasteiger partial charge in [0, 0.05) is 6.07 Å². The van der Waals surface area contributed by atoms with Crippen LogP contribution in [0.3, 0.4) is 0 Å². The van der Waals surface area contributed by atoms with Crippen LogP contribution >= 0.6 is 22.6 Å². The molecule has 19 heavy (non-hydrogen) atoms. The van der Waals surface area contributed by atoms with Crippen LogP contribution in [0, 0.1) is 25.3 Å². The van der Waals surface area contributed by atoms with Crippen LogP contribution in [0.1, 0.15) is 0 Å².